The van der Waals surface area contributed by atoms with Gasteiger partial charge in [0.15, 0.2) is 11.5 Å². The van der Waals surface area contributed by atoms with E-state index < -0.39 is 8.07 Å². The van der Waals surface area contributed by atoms with E-state index in [0.29, 0.717) is 6.79 Å². The van der Waals surface area contributed by atoms with Gasteiger partial charge in [0.2, 0.25) is 6.79 Å². The smallest absolute Gasteiger partial charge is 0.231 e. The van der Waals surface area contributed by atoms with Crippen molar-refractivity contribution < 1.29 is 9.47 Å². The minimum Gasteiger partial charge on any atom is -0.454 e. The largest absolute Gasteiger partial charge is 0.454 e. The predicted molar refractivity (Wildman–Crippen MR) is 89.3 cm³/mol. The number of benzene rings is 2. The molecule has 3 nitrogen and oxygen atoms in total. The molecule has 2 aromatic carbocycles. The Balaban J connectivity index is 1.65. The molecule has 0 saturated carbocycles. The Labute approximate surface area is 126 Å². The summed E-state index contributed by atoms with van der Waals surface area (Å²) in [5.74, 6) is 1.63. The average Bonchev–Trinajstić information content (AvgIpc) is 2.92. The first-order chi connectivity index (χ1) is 10.0. The SMILES string of the molecule is C[Si](C)(C)c1ccc(CNc2ccc3c(c2)OCO3)cc1. The maximum absolute atomic E-state index is 5.39. The van der Waals surface area contributed by atoms with E-state index in [1.54, 1.807) is 0 Å². The molecule has 0 aliphatic carbocycles. The van der Waals surface area contributed by atoms with Gasteiger partial charge in [-0.3, -0.25) is 0 Å². The zero-order valence-electron chi connectivity index (χ0n) is 12.8. The summed E-state index contributed by atoms with van der Waals surface area (Å²) < 4.78 is 10.7. The summed E-state index contributed by atoms with van der Waals surface area (Å²) in [6.07, 6.45) is 0. The number of ether oxygens (including phenoxy) is 2. The van der Waals surface area contributed by atoms with Crippen LogP contribution in [0, 0.1) is 0 Å². The third-order valence-corrected chi connectivity index (χ3v) is 5.75. The van der Waals surface area contributed by atoms with Gasteiger partial charge in [-0.15, -0.1) is 0 Å². The molecule has 0 fully saturated rings. The summed E-state index contributed by atoms with van der Waals surface area (Å²) in [6.45, 7) is 8.23. The van der Waals surface area contributed by atoms with Gasteiger partial charge in [0.05, 0.1) is 8.07 Å². The maximum Gasteiger partial charge on any atom is 0.231 e. The molecule has 0 amide bonds. The Kier molecular flexibility index (Phi) is 3.63. The predicted octanol–water partition coefficient (Wildman–Crippen LogP) is 3.57. The number of nitrogens with one attached hydrogen (secondary N) is 1. The van der Waals surface area contributed by atoms with Crippen LogP contribution in [-0.2, 0) is 6.54 Å². The molecule has 21 heavy (non-hydrogen) atoms. The van der Waals surface area contributed by atoms with Gasteiger partial charge in [0.1, 0.15) is 0 Å². The van der Waals surface area contributed by atoms with E-state index in [1.807, 2.05) is 18.2 Å². The number of fused-ring (bicyclic) bond motifs is 1. The number of rotatable bonds is 4. The van der Waals surface area contributed by atoms with Crippen LogP contribution in [-0.4, -0.2) is 14.9 Å². The van der Waals surface area contributed by atoms with Crippen molar-refractivity contribution >= 4 is 18.9 Å². The standard InChI is InChI=1S/C17H21NO2Si/c1-21(2,3)15-7-4-13(5-8-15)11-18-14-6-9-16-17(10-14)20-12-19-16/h4-10,18H,11-12H2,1-3H3. The monoisotopic (exact) mass is 299 g/mol. The van der Waals surface area contributed by atoms with Crippen LogP contribution in [0.4, 0.5) is 5.69 Å². The van der Waals surface area contributed by atoms with Crippen molar-refractivity contribution in [2.24, 2.45) is 0 Å². The first-order valence-electron chi connectivity index (χ1n) is 7.25. The molecule has 4 heteroatoms. The topological polar surface area (TPSA) is 30.5 Å². The van der Waals surface area contributed by atoms with Crippen molar-refractivity contribution in [2.75, 3.05) is 12.1 Å². The van der Waals surface area contributed by atoms with Crippen molar-refractivity contribution in [1.29, 1.82) is 0 Å². The second-order valence-corrected chi connectivity index (χ2v) is 11.4. The van der Waals surface area contributed by atoms with Crippen LogP contribution >= 0.6 is 0 Å². The van der Waals surface area contributed by atoms with Crippen molar-refractivity contribution in [3.63, 3.8) is 0 Å². The molecule has 1 aliphatic heterocycles. The zero-order chi connectivity index (χ0) is 14.9. The van der Waals surface area contributed by atoms with Crippen LogP contribution in [0.25, 0.3) is 0 Å². The molecule has 0 atom stereocenters. The lowest BCUT2D eigenvalue weighted by Crippen LogP contribution is -2.37. The van der Waals surface area contributed by atoms with Crippen LogP contribution in [0.2, 0.25) is 19.6 Å². The lowest BCUT2D eigenvalue weighted by Gasteiger charge is -2.17. The molecule has 1 N–H and O–H groups in total. The van der Waals surface area contributed by atoms with Gasteiger partial charge in [-0.05, 0) is 17.7 Å². The molecule has 1 aliphatic rings. The number of hydrogen-bond donors (Lipinski definition) is 1. The van der Waals surface area contributed by atoms with Crippen molar-refractivity contribution in [1.82, 2.24) is 0 Å². The molecule has 0 spiro atoms. The van der Waals surface area contributed by atoms with Crippen molar-refractivity contribution in [3.05, 3.63) is 48.0 Å². The summed E-state index contributed by atoms with van der Waals surface area (Å²) in [4.78, 5) is 0. The highest BCUT2D eigenvalue weighted by molar-refractivity contribution is 6.88. The highest BCUT2D eigenvalue weighted by Crippen LogP contribution is 2.34. The minimum absolute atomic E-state index is 0.316. The van der Waals surface area contributed by atoms with Crippen molar-refractivity contribution in [3.8, 4) is 11.5 Å². The van der Waals surface area contributed by atoms with E-state index in [4.69, 9.17) is 9.47 Å². The summed E-state index contributed by atoms with van der Waals surface area (Å²) in [6, 6.07) is 14.9. The first-order valence-corrected chi connectivity index (χ1v) is 10.8. The molecule has 0 radical (unpaired) electrons. The van der Waals surface area contributed by atoms with Gasteiger partial charge in [0.25, 0.3) is 0 Å². The van der Waals surface area contributed by atoms with Gasteiger partial charge in [-0.2, -0.15) is 0 Å². The average molecular weight is 299 g/mol. The fourth-order valence-corrected chi connectivity index (χ4v) is 3.50. The Morgan fingerprint density at radius 2 is 1.67 bits per heavy atom. The third kappa shape index (κ3) is 3.21. The fourth-order valence-electron chi connectivity index (χ4n) is 2.33. The van der Waals surface area contributed by atoms with Crippen LogP contribution < -0.4 is 20.0 Å². The fraction of sp³-hybridized carbons (Fsp3) is 0.294. The van der Waals surface area contributed by atoms with Gasteiger partial charge >= 0.3 is 0 Å². The third-order valence-electron chi connectivity index (χ3n) is 3.69. The summed E-state index contributed by atoms with van der Waals surface area (Å²) in [5.41, 5.74) is 2.34. The number of hydrogen-bond acceptors (Lipinski definition) is 3. The van der Waals surface area contributed by atoms with Crippen molar-refractivity contribution in [2.45, 2.75) is 26.2 Å². The molecule has 3 rings (SSSR count). The molecule has 0 unspecified atom stereocenters. The van der Waals surface area contributed by atoms with E-state index in [9.17, 15) is 0 Å². The Morgan fingerprint density at radius 3 is 2.38 bits per heavy atom. The second-order valence-electron chi connectivity index (χ2n) is 6.37. The highest BCUT2D eigenvalue weighted by atomic mass is 28.3. The quantitative estimate of drug-likeness (QED) is 0.876. The molecule has 0 bridgehead atoms. The molecular weight excluding hydrogens is 278 g/mol. The van der Waals surface area contributed by atoms with Crippen LogP contribution in [0.3, 0.4) is 0 Å². The summed E-state index contributed by atoms with van der Waals surface area (Å²) in [5, 5.41) is 4.92. The lowest BCUT2D eigenvalue weighted by molar-refractivity contribution is 0.174. The van der Waals surface area contributed by atoms with E-state index >= 15 is 0 Å². The Bertz CT molecular complexity index is 632. The second kappa shape index (κ2) is 5.45. The van der Waals surface area contributed by atoms with E-state index in [0.717, 1.165) is 23.7 Å². The van der Waals surface area contributed by atoms with E-state index in [-0.39, 0.29) is 0 Å². The number of anilines is 1. The Hall–Kier alpha value is -1.94. The first kappa shape index (κ1) is 14.0. The molecule has 1 heterocycles. The van der Waals surface area contributed by atoms with E-state index in [1.165, 1.54) is 10.8 Å². The van der Waals surface area contributed by atoms with Crippen LogP contribution in [0.15, 0.2) is 42.5 Å². The van der Waals surface area contributed by atoms with Crippen LogP contribution in [0.5, 0.6) is 11.5 Å². The molecule has 2 aromatic rings. The summed E-state index contributed by atoms with van der Waals surface area (Å²) in [7, 11) is -1.21. The summed E-state index contributed by atoms with van der Waals surface area (Å²) >= 11 is 0. The van der Waals surface area contributed by atoms with E-state index in [2.05, 4.69) is 49.2 Å². The van der Waals surface area contributed by atoms with Gasteiger partial charge in [-0.25, -0.2) is 0 Å². The highest BCUT2D eigenvalue weighted by Gasteiger charge is 2.15. The molecular formula is C17H21NO2Si. The maximum atomic E-state index is 5.39. The van der Waals surface area contributed by atoms with Gasteiger partial charge < -0.3 is 14.8 Å². The minimum atomic E-state index is -1.21. The lowest BCUT2D eigenvalue weighted by atomic mass is 10.2. The Morgan fingerprint density at radius 1 is 0.952 bits per heavy atom. The van der Waals surface area contributed by atoms with Gasteiger partial charge in [0, 0.05) is 18.3 Å². The molecule has 0 aromatic heterocycles. The van der Waals surface area contributed by atoms with Crippen LogP contribution in [0.1, 0.15) is 5.56 Å². The normalized spacial score (nSPS) is 13.3. The molecule has 110 valence electrons. The zero-order valence-corrected chi connectivity index (χ0v) is 13.8. The molecule has 0 saturated heterocycles. The van der Waals surface area contributed by atoms with Gasteiger partial charge in [-0.1, -0.05) is 49.1 Å².